The number of hydrogen-bond donors (Lipinski definition) is 0. The molecule has 0 spiro atoms. The van der Waals surface area contributed by atoms with Crippen molar-refractivity contribution in [3.63, 3.8) is 0 Å². The minimum atomic E-state index is 0.399. The maximum absolute atomic E-state index is 4.69. The third-order valence-electron chi connectivity index (χ3n) is 2.85. The molecule has 0 atom stereocenters. The molecule has 0 saturated heterocycles. The smallest absolute Gasteiger partial charge is 0.0928 e. The van der Waals surface area contributed by atoms with Crippen molar-refractivity contribution >= 4 is 11.3 Å². The zero-order valence-electron chi connectivity index (χ0n) is 10.8. The Morgan fingerprint density at radius 1 is 1.38 bits per heavy atom. The van der Waals surface area contributed by atoms with Crippen LogP contribution in [0.5, 0.6) is 0 Å². The molecule has 2 rings (SSSR count). The highest BCUT2D eigenvalue weighted by molar-refractivity contribution is 7.11. The van der Waals surface area contributed by atoms with Gasteiger partial charge in [0.05, 0.1) is 10.7 Å². The lowest BCUT2D eigenvalue weighted by molar-refractivity contribution is 0.178. The Kier molecular flexibility index (Phi) is 3.36. The summed E-state index contributed by atoms with van der Waals surface area (Å²) >= 11 is 1.91. The van der Waals surface area contributed by atoms with Crippen molar-refractivity contribution in [3.8, 4) is 0 Å². The van der Waals surface area contributed by atoms with Gasteiger partial charge in [-0.25, -0.2) is 4.98 Å². The van der Waals surface area contributed by atoms with Crippen LogP contribution in [0, 0.1) is 5.41 Å². The number of rotatable bonds is 2. The molecule has 0 aliphatic carbocycles. The van der Waals surface area contributed by atoms with Crippen LogP contribution < -0.4 is 0 Å². The molecule has 1 aromatic rings. The molecule has 0 unspecified atom stereocenters. The summed E-state index contributed by atoms with van der Waals surface area (Å²) in [4.78, 5) is 8.77. The maximum atomic E-state index is 4.69. The van der Waals surface area contributed by atoms with E-state index in [2.05, 4.69) is 32.6 Å². The van der Waals surface area contributed by atoms with E-state index in [0.29, 0.717) is 5.41 Å². The van der Waals surface area contributed by atoms with Crippen molar-refractivity contribution in [2.24, 2.45) is 5.41 Å². The lowest BCUT2D eigenvalue weighted by Gasteiger charge is -2.32. The van der Waals surface area contributed by atoms with E-state index in [0.717, 1.165) is 19.4 Å². The van der Waals surface area contributed by atoms with Crippen LogP contribution >= 0.6 is 11.3 Å². The van der Waals surface area contributed by atoms with Gasteiger partial charge >= 0.3 is 0 Å². The molecule has 0 radical (unpaired) electrons. The summed E-state index contributed by atoms with van der Waals surface area (Å²) in [6.45, 7) is 12.6. The van der Waals surface area contributed by atoms with Crippen molar-refractivity contribution in [2.45, 2.75) is 47.1 Å². The van der Waals surface area contributed by atoms with E-state index in [-0.39, 0.29) is 0 Å². The molecule has 0 bridgehead atoms. The van der Waals surface area contributed by atoms with E-state index in [1.54, 1.807) is 0 Å². The van der Waals surface area contributed by atoms with Crippen molar-refractivity contribution < 1.29 is 0 Å². The first kappa shape index (κ1) is 12.1. The van der Waals surface area contributed by atoms with Crippen LogP contribution in [-0.2, 0) is 19.4 Å². The third kappa shape index (κ3) is 2.83. The van der Waals surface area contributed by atoms with Gasteiger partial charge in [0.25, 0.3) is 0 Å². The quantitative estimate of drug-likeness (QED) is 0.787. The summed E-state index contributed by atoms with van der Waals surface area (Å²) in [5.41, 5.74) is 1.77. The number of fused-ring (bicyclic) bond motifs is 1. The Bertz CT molecular complexity index is 362. The van der Waals surface area contributed by atoms with Gasteiger partial charge < -0.3 is 0 Å². The van der Waals surface area contributed by atoms with Crippen molar-refractivity contribution in [3.05, 3.63) is 15.6 Å². The van der Waals surface area contributed by atoms with Crippen molar-refractivity contribution in [1.29, 1.82) is 0 Å². The predicted molar refractivity (Wildman–Crippen MR) is 69.9 cm³/mol. The first-order valence-electron chi connectivity index (χ1n) is 6.18. The number of aryl methyl sites for hydroxylation is 1. The van der Waals surface area contributed by atoms with E-state index in [1.807, 2.05) is 11.3 Å². The first-order valence-corrected chi connectivity index (χ1v) is 6.99. The van der Waals surface area contributed by atoms with Crippen LogP contribution in [0.3, 0.4) is 0 Å². The lowest BCUT2D eigenvalue weighted by Crippen LogP contribution is -2.36. The molecule has 0 aromatic carbocycles. The predicted octanol–water partition coefficient (Wildman–Crippen LogP) is 3.11. The lowest BCUT2D eigenvalue weighted by atomic mass is 9.95. The van der Waals surface area contributed by atoms with E-state index in [4.69, 9.17) is 4.98 Å². The monoisotopic (exact) mass is 238 g/mol. The molecule has 2 heterocycles. The molecule has 0 amide bonds. The zero-order chi connectivity index (χ0) is 11.8. The molecular formula is C13H22N2S. The summed E-state index contributed by atoms with van der Waals surface area (Å²) in [5, 5.41) is 1.31. The van der Waals surface area contributed by atoms with Crippen LogP contribution in [0.4, 0.5) is 0 Å². The maximum Gasteiger partial charge on any atom is 0.0928 e. The summed E-state index contributed by atoms with van der Waals surface area (Å²) in [7, 11) is 0. The Morgan fingerprint density at radius 3 is 2.75 bits per heavy atom. The van der Waals surface area contributed by atoms with E-state index >= 15 is 0 Å². The Balaban J connectivity index is 2.05. The number of aromatic nitrogens is 1. The third-order valence-corrected chi connectivity index (χ3v) is 4.08. The Hall–Kier alpha value is -0.410. The van der Waals surface area contributed by atoms with Crippen LogP contribution in [0.1, 0.15) is 43.3 Å². The van der Waals surface area contributed by atoms with Gasteiger partial charge in [0, 0.05) is 30.9 Å². The topological polar surface area (TPSA) is 16.1 Å². The van der Waals surface area contributed by atoms with Gasteiger partial charge in [-0.2, -0.15) is 0 Å². The second-order valence-corrected chi connectivity index (χ2v) is 7.02. The molecule has 0 N–H and O–H groups in total. The molecule has 1 aliphatic heterocycles. The summed E-state index contributed by atoms with van der Waals surface area (Å²) < 4.78 is 0. The minimum absolute atomic E-state index is 0.399. The second-order valence-electron chi connectivity index (χ2n) is 5.85. The van der Waals surface area contributed by atoms with Crippen molar-refractivity contribution in [2.75, 3.05) is 13.1 Å². The van der Waals surface area contributed by atoms with E-state index < -0.39 is 0 Å². The SMILES string of the molecule is CCc1nc2c(s1)CN(CC(C)(C)C)CC2. The molecule has 16 heavy (non-hydrogen) atoms. The highest BCUT2D eigenvalue weighted by Crippen LogP contribution is 2.27. The summed E-state index contributed by atoms with van der Waals surface area (Å²) in [6, 6.07) is 0. The van der Waals surface area contributed by atoms with Gasteiger partial charge in [0.1, 0.15) is 0 Å². The highest BCUT2D eigenvalue weighted by atomic mass is 32.1. The Labute approximate surface area is 103 Å². The average molecular weight is 238 g/mol. The largest absolute Gasteiger partial charge is 0.297 e. The van der Waals surface area contributed by atoms with Crippen LogP contribution in [0.25, 0.3) is 0 Å². The van der Waals surface area contributed by atoms with Crippen LogP contribution in [0.15, 0.2) is 0 Å². The van der Waals surface area contributed by atoms with Gasteiger partial charge in [-0.15, -0.1) is 11.3 Å². The molecule has 1 aromatic heterocycles. The Morgan fingerprint density at radius 2 is 2.12 bits per heavy atom. The normalized spacial score (nSPS) is 17.5. The zero-order valence-corrected chi connectivity index (χ0v) is 11.7. The minimum Gasteiger partial charge on any atom is -0.297 e. The van der Waals surface area contributed by atoms with Gasteiger partial charge in [0.15, 0.2) is 0 Å². The van der Waals surface area contributed by atoms with Crippen LogP contribution in [-0.4, -0.2) is 23.0 Å². The average Bonchev–Trinajstić information content (AvgIpc) is 2.57. The molecular weight excluding hydrogens is 216 g/mol. The van der Waals surface area contributed by atoms with E-state index in [9.17, 15) is 0 Å². The van der Waals surface area contributed by atoms with Crippen LogP contribution in [0.2, 0.25) is 0 Å². The van der Waals surface area contributed by atoms with Gasteiger partial charge in [-0.05, 0) is 11.8 Å². The van der Waals surface area contributed by atoms with Crippen molar-refractivity contribution in [1.82, 2.24) is 9.88 Å². The fourth-order valence-corrected chi connectivity index (χ4v) is 3.36. The number of nitrogens with zero attached hydrogens (tertiary/aromatic N) is 2. The van der Waals surface area contributed by atoms with Gasteiger partial charge in [-0.3, -0.25) is 4.90 Å². The fourth-order valence-electron chi connectivity index (χ4n) is 2.26. The van der Waals surface area contributed by atoms with Gasteiger partial charge in [-0.1, -0.05) is 27.7 Å². The summed E-state index contributed by atoms with van der Waals surface area (Å²) in [5.74, 6) is 0. The number of thiazole rings is 1. The fraction of sp³-hybridized carbons (Fsp3) is 0.769. The molecule has 1 aliphatic rings. The molecule has 0 saturated carbocycles. The number of hydrogen-bond acceptors (Lipinski definition) is 3. The highest BCUT2D eigenvalue weighted by Gasteiger charge is 2.23. The standard InChI is InChI=1S/C13H22N2S/c1-5-12-14-10-6-7-15(8-11(10)16-12)9-13(2,3)4/h5-9H2,1-4H3. The molecule has 0 fully saturated rings. The molecule has 3 heteroatoms. The van der Waals surface area contributed by atoms with E-state index in [1.165, 1.54) is 28.7 Å². The first-order chi connectivity index (χ1) is 7.48. The molecule has 2 nitrogen and oxygen atoms in total. The molecule has 90 valence electrons. The summed E-state index contributed by atoms with van der Waals surface area (Å²) in [6.07, 6.45) is 2.22. The second kappa shape index (κ2) is 4.46. The van der Waals surface area contributed by atoms with Gasteiger partial charge in [0.2, 0.25) is 0 Å².